The number of Topliss-reactive ketones (excluding diaryl/α,β-unsaturated/α-hetero) is 1. The number of thiophene rings is 1. The molecule has 0 saturated carbocycles. The van der Waals surface area contributed by atoms with Gasteiger partial charge < -0.3 is 5.11 Å². The zero-order valence-corrected chi connectivity index (χ0v) is 15.3. The van der Waals surface area contributed by atoms with Crippen LogP contribution in [0.25, 0.3) is 10.4 Å². The van der Waals surface area contributed by atoms with E-state index in [1.807, 2.05) is 24.3 Å². The van der Waals surface area contributed by atoms with Crippen LogP contribution < -0.4 is 0 Å². The number of carbonyl (C=O) groups is 2. The Morgan fingerprint density at radius 2 is 1.85 bits per heavy atom. The van der Waals surface area contributed by atoms with E-state index in [2.05, 4.69) is 0 Å². The van der Waals surface area contributed by atoms with Crippen molar-refractivity contribution >= 4 is 34.7 Å². The highest BCUT2D eigenvalue weighted by molar-refractivity contribution is 7.14. The fourth-order valence-electron chi connectivity index (χ4n) is 3.43. The number of hydrogen-bond acceptors (Lipinski definition) is 3. The number of hydrogen-bond donors (Lipinski definition) is 1. The molecule has 1 aromatic heterocycles. The molecule has 0 amide bonds. The van der Waals surface area contributed by atoms with Crippen molar-refractivity contribution in [3.05, 3.63) is 81.2 Å². The zero-order chi connectivity index (χ0) is 18.3. The van der Waals surface area contributed by atoms with Crippen LogP contribution in [0.1, 0.15) is 33.0 Å². The van der Waals surface area contributed by atoms with Crippen LogP contribution in [0.3, 0.4) is 0 Å². The molecular formula is C21H15ClO3S. The molecule has 0 bridgehead atoms. The molecule has 1 heterocycles. The number of carbonyl (C=O) groups excluding carboxylic acids is 1. The molecule has 130 valence electrons. The van der Waals surface area contributed by atoms with Gasteiger partial charge in [-0.3, -0.25) is 4.79 Å². The molecule has 1 atom stereocenters. The van der Waals surface area contributed by atoms with Gasteiger partial charge in [-0.05, 0) is 46.2 Å². The summed E-state index contributed by atoms with van der Waals surface area (Å²) in [6.45, 7) is 0. The van der Waals surface area contributed by atoms with Crippen molar-refractivity contribution in [1.29, 1.82) is 0 Å². The van der Waals surface area contributed by atoms with Crippen LogP contribution in [0.5, 0.6) is 0 Å². The van der Waals surface area contributed by atoms with Crippen LogP contribution in [0.15, 0.2) is 53.9 Å². The normalized spacial score (nSPS) is 15.2. The van der Waals surface area contributed by atoms with Gasteiger partial charge >= 0.3 is 5.97 Å². The molecule has 5 heteroatoms. The van der Waals surface area contributed by atoms with Crippen LogP contribution in [0.2, 0.25) is 5.02 Å². The largest absolute Gasteiger partial charge is 0.478 e. The summed E-state index contributed by atoms with van der Waals surface area (Å²) in [5.41, 5.74) is 3.88. The molecular weight excluding hydrogens is 368 g/mol. The topological polar surface area (TPSA) is 54.4 Å². The fourth-order valence-corrected chi connectivity index (χ4v) is 4.62. The van der Waals surface area contributed by atoms with E-state index >= 15 is 0 Å². The third kappa shape index (κ3) is 2.96. The van der Waals surface area contributed by atoms with Crippen molar-refractivity contribution in [2.24, 2.45) is 0 Å². The molecule has 1 aliphatic rings. The van der Waals surface area contributed by atoms with Gasteiger partial charge in [0.2, 0.25) is 0 Å². The molecule has 3 aromatic rings. The standard InChI is InChI=1S/C21H15ClO3S/c22-15-7-5-12(6-8-15)20-19(21(24)25)14(11-26-20)10-18(23)17-9-13-3-1-2-4-16(13)17/h1-8,11,17H,9-10H2,(H,24,25). The fraction of sp³-hybridized carbons (Fsp3) is 0.143. The van der Waals surface area contributed by atoms with Crippen molar-refractivity contribution < 1.29 is 14.7 Å². The monoisotopic (exact) mass is 382 g/mol. The second kappa shape index (κ2) is 6.71. The zero-order valence-electron chi connectivity index (χ0n) is 13.7. The molecule has 0 radical (unpaired) electrons. The Morgan fingerprint density at radius 3 is 2.54 bits per heavy atom. The predicted octanol–water partition coefficient (Wildman–Crippen LogP) is 5.22. The average molecular weight is 383 g/mol. The minimum Gasteiger partial charge on any atom is -0.478 e. The Morgan fingerprint density at radius 1 is 1.12 bits per heavy atom. The summed E-state index contributed by atoms with van der Waals surface area (Å²) < 4.78 is 0. The number of benzene rings is 2. The third-order valence-electron chi connectivity index (χ3n) is 4.80. The second-order valence-corrected chi connectivity index (χ2v) is 7.69. The Labute approximate surface area is 159 Å². The summed E-state index contributed by atoms with van der Waals surface area (Å²) in [5.74, 6) is -1.05. The first-order valence-corrected chi connectivity index (χ1v) is 9.50. The molecule has 1 aliphatic carbocycles. The third-order valence-corrected chi connectivity index (χ3v) is 6.13. The summed E-state index contributed by atoms with van der Waals surface area (Å²) in [6, 6.07) is 15.0. The van der Waals surface area contributed by atoms with Crippen molar-refractivity contribution in [2.45, 2.75) is 18.8 Å². The first-order valence-electron chi connectivity index (χ1n) is 8.24. The number of aromatic carboxylic acids is 1. The van der Waals surface area contributed by atoms with Crippen LogP contribution >= 0.6 is 22.9 Å². The highest BCUT2D eigenvalue weighted by atomic mass is 35.5. The molecule has 0 saturated heterocycles. The Hall–Kier alpha value is -2.43. The van der Waals surface area contributed by atoms with E-state index in [1.54, 1.807) is 29.6 Å². The molecule has 3 nitrogen and oxygen atoms in total. The van der Waals surface area contributed by atoms with Crippen LogP contribution in [-0.2, 0) is 17.6 Å². The number of halogens is 1. The van der Waals surface area contributed by atoms with E-state index < -0.39 is 5.97 Å². The van der Waals surface area contributed by atoms with Gasteiger partial charge in [0.15, 0.2) is 0 Å². The Bertz CT molecular complexity index is 1000. The maximum atomic E-state index is 12.7. The lowest BCUT2D eigenvalue weighted by molar-refractivity contribution is -0.120. The Balaban J connectivity index is 1.62. The molecule has 2 aromatic carbocycles. The number of carboxylic acids is 1. The molecule has 1 unspecified atom stereocenters. The smallest absolute Gasteiger partial charge is 0.337 e. The van der Waals surface area contributed by atoms with E-state index in [0.717, 1.165) is 17.5 Å². The summed E-state index contributed by atoms with van der Waals surface area (Å²) in [7, 11) is 0. The number of rotatable bonds is 5. The molecule has 0 fully saturated rings. The lowest BCUT2D eigenvalue weighted by Crippen LogP contribution is -2.26. The first-order chi connectivity index (χ1) is 12.5. The van der Waals surface area contributed by atoms with E-state index in [9.17, 15) is 14.7 Å². The van der Waals surface area contributed by atoms with Crippen molar-refractivity contribution in [3.63, 3.8) is 0 Å². The molecule has 0 aliphatic heterocycles. The summed E-state index contributed by atoms with van der Waals surface area (Å²) in [4.78, 5) is 25.2. The van der Waals surface area contributed by atoms with Gasteiger partial charge in [-0.15, -0.1) is 11.3 Å². The lowest BCUT2D eigenvalue weighted by atomic mass is 9.74. The van der Waals surface area contributed by atoms with Crippen LogP contribution in [-0.4, -0.2) is 16.9 Å². The minimum absolute atomic E-state index is 0.0756. The van der Waals surface area contributed by atoms with E-state index in [0.29, 0.717) is 15.5 Å². The molecule has 0 spiro atoms. The molecule has 1 N–H and O–H groups in total. The summed E-state index contributed by atoms with van der Waals surface area (Å²) in [6.07, 6.45) is 0.885. The summed E-state index contributed by atoms with van der Waals surface area (Å²) >= 11 is 7.27. The Kier molecular flexibility index (Phi) is 4.39. The quantitative estimate of drug-likeness (QED) is 0.658. The molecule has 26 heavy (non-hydrogen) atoms. The second-order valence-electron chi connectivity index (χ2n) is 6.38. The van der Waals surface area contributed by atoms with Crippen molar-refractivity contribution in [2.75, 3.05) is 0 Å². The summed E-state index contributed by atoms with van der Waals surface area (Å²) in [5, 5.41) is 12.1. The van der Waals surface area contributed by atoms with Crippen molar-refractivity contribution in [1.82, 2.24) is 0 Å². The minimum atomic E-state index is -1.01. The highest BCUT2D eigenvalue weighted by Crippen LogP contribution is 2.38. The first kappa shape index (κ1) is 17.0. The van der Waals surface area contributed by atoms with Gasteiger partial charge in [-0.1, -0.05) is 48.0 Å². The maximum Gasteiger partial charge on any atom is 0.337 e. The maximum absolute atomic E-state index is 12.7. The average Bonchev–Trinajstić information content (AvgIpc) is 3.00. The molecule has 4 rings (SSSR count). The number of carboxylic acid groups (broad SMARTS) is 1. The number of ketones is 1. The van der Waals surface area contributed by atoms with Gasteiger partial charge in [-0.25, -0.2) is 4.79 Å². The lowest BCUT2D eigenvalue weighted by Gasteiger charge is -2.28. The van der Waals surface area contributed by atoms with Crippen LogP contribution in [0, 0.1) is 0 Å². The van der Waals surface area contributed by atoms with E-state index in [1.165, 1.54) is 16.9 Å². The predicted molar refractivity (Wildman–Crippen MR) is 103 cm³/mol. The van der Waals surface area contributed by atoms with Crippen molar-refractivity contribution in [3.8, 4) is 10.4 Å². The van der Waals surface area contributed by atoms with E-state index in [4.69, 9.17) is 11.6 Å². The van der Waals surface area contributed by atoms with Gasteiger partial charge in [0.1, 0.15) is 5.78 Å². The van der Waals surface area contributed by atoms with Gasteiger partial charge in [-0.2, -0.15) is 0 Å². The van der Waals surface area contributed by atoms with Gasteiger partial charge in [0, 0.05) is 22.2 Å². The van der Waals surface area contributed by atoms with Crippen LogP contribution in [0.4, 0.5) is 0 Å². The highest BCUT2D eigenvalue weighted by Gasteiger charge is 2.32. The SMILES string of the molecule is O=C(O)c1c(CC(=O)C2Cc3ccccc32)csc1-c1ccc(Cl)cc1. The number of fused-ring (bicyclic) bond motifs is 1. The van der Waals surface area contributed by atoms with Gasteiger partial charge in [0.25, 0.3) is 0 Å². The van der Waals surface area contributed by atoms with E-state index in [-0.39, 0.29) is 23.7 Å². The van der Waals surface area contributed by atoms with Gasteiger partial charge in [0.05, 0.1) is 5.56 Å².